The Hall–Kier alpha value is -1.92. The molecule has 0 amide bonds. The summed E-state index contributed by atoms with van der Waals surface area (Å²) in [5.41, 5.74) is 1.46. The van der Waals surface area contributed by atoms with Crippen molar-refractivity contribution in [1.29, 1.82) is 5.26 Å². The standard InChI is InChI=1S/C15H16IN5O/c1-22-8-2-7-18-14-13(16)10-19-15(21-14)20-12-5-3-11(9-17)4-6-12/h3-6,10H,2,7-8H2,1H3,(H2,18,19,20,21). The average Bonchev–Trinajstić information content (AvgIpc) is 2.55. The van der Waals surface area contributed by atoms with Crippen LogP contribution in [0.5, 0.6) is 0 Å². The lowest BCUT2D eigenvalue weighted by Crippen LogP contribution is -2.09. The third-order valence-electron chi connectivity index (χ3n) is 2.83. The van der Waals surface area contributed by atoms with E-state index in [4.69, 9.17) is 10.00 Å². The van der Waals surface area contributed by atoms with Crippen molar-refractivity contribution in [2.45, 2.75) is 6.42 Å². The minimum absolute atomic E-state index is 0.513. The second-order valence-electron chi connectivity index (χ2n) is 4.48. The normalized spacial score (nSPS) is 10.0. The summed E-state index contributed by atoms with van der Waals surface area (Å²) in [6.07, 6.45) is 2.67. The largest absolute Gasteiger partial charge is 0.385 e. The Balaban J connectivity index is 2.03. The van der Waals surface area contributed by atoms with E-state index in [1.54, 1.807) is 25.4 Å². The van der Waals surface area contributed by atoms with E-state index < -0.39 is 0 Å². The van der Waals surface area contributed by atoms with Gasteiger partial charge in [-0.25, -0.2) is 4.98 Å². The predicted octanol–water partition coefficient (Wildman–Crippen LogP) is 3.14. The lowest BCUT2D eigenvalue weighted by Gasteiger charge is -2.10. The lowest BCUT2D eigenvalue weighted by molar-refractivity contribution is 0.197. The van der Waals surface area contributed by atoms with Gasteiger partial charge in [0.2, 0.25) is 5.95 Å². The van der Waals surface area contributed by atoms with Gasteiger partial charge in [-0.3, -0.25) is 0 Å². The number of ether oxygens (including phenoxy) is 1. The molecule has 1 heterocycles. The summed E-state index contributed by atoms with van der Waals surface area (Å²) in [7, 11) is 1.69. The molecule has 2 N–H and O–H groups in total. The average molecular weight is 409 g/mol. The van der Waals surface area contributed by atoms with Crippen molar-refractivity contribution in [2.75, 3.05) is 30.9 Å². The highest BCUT2D eigenvalue weighted by molar-refractivity contribution is 14.1. The molecule has 0 bridgehead atoms. The number of halogens is 1. The van der Waals surface area contributed by atoms with E-state index in [2.05, 4.69) is 49.3 Å². The molecule has 1 aromatic carbocycles. The van der Waals surface area contributed by atoms with Crippen molar-refractivity contribution in [3.8, 4) is 6.07 Å². The second kappa shape index (κ2) is 8.51. The highest BCUT2D eigenvalue weighted by Gasteiger charge is 2.05. The molecule has 0 unspecified atom stereocenters. The lowest BCUT2D eigenvalue weighted by atomic mass is 10.2. The first-order chi connectivity index (χ1) is 10.7. The molecule has 2 rings (SSSR count). The molecule has 0 aliphatic carbocycles. The van der Waals surface area contributed by atoms with Crippen LogP contribution < -0.4 is 10.6 Å². The first-order valence-corrected chi connectivity index (χ1v) is 7.83. The molecule has 2 aromatic rings. The Morgan fingerprint density at radius 2 is 2.09 bits per heavy atom. The fraction of sp³-hybridized carbons (Fsp3) is 0.267. The van der Waals surface area contributed by atoms with Crippen LogP contribution in [0.15, 0.2) is 30.5 Å². The monoisotopic (exact) mass is 409 g/mol. The number of anilines is 3. The first-order valence-electron chi connectivity index (χ1n) is 6.75. The number of methoxy groups -OCH3 is 1. The maximum absolute atomic E-state index is 8.79. The molecule has 6 nitrogen and oxygen atoms in total. The van der Waals surface area contributed by atoms with Crippen LogP contribution in [-0.4, -0.2) is 30.2 Å². The Bertz CT molecular complexity index is 654. The number of rotatable bonds is 7. The molecule has 0 aliphatic rings. The number of benzene rings is 1. The highest BCUT2D eigenvalue weighted by atomic mass is 127. The van der Waals surface area contributed by atoms with Gasteiger partial charge in [0.25, 0.3) is 0 Å². The molecule has 0 radical (unpaired) electrons. The molecule has 0 saturated heterocycles. The Labute approximate surface area is 143 Å². The zero-order valence-electron chi connectivity index (χ0n) is 12.1. The highest BCUT2D eigenvalue weighted by Crippen LogP contribution is 2.19. The van der Waals surface area contributed by atoms with Crippen LogP contribution in [0.1, 0.15) is 12.0 Å². The SMILES string of the molecule is COCCCNc1nc(Nc2ccc(C#N)cc2)ncc1I. The van der Waals surface area contributed by atoms with Crippen molar-refractivity contribution in [2.24, 2.45) is 0 Å². The Morgan fingerprint density at radius 3 is 2.77 bits per heavy atom. The summed E-state index contributed by atoms with van der Waals surface area (Å²) in [6, 6.07) is 9.24. The van der Waals surface area contributed by atoms with Gasteiger partial charge in [-0.05, 0) is 53.3 Å². The topological polar surface area (TPSA) is 82.9 Å². The van der Waals surface area contributed by atoms with E-state index in [0.29, 0.717) is 18.1 Å². The van der Waals surface area contributed by atoms with E-state index in [-0.39, 0.29) is 0 Å². The molecule has 0 spiro atoms. The van der Waals surface area contributed by atoms with E-state index in [0.717, 1.165) is 28.0 Å². The van der Waals surface area contributed by atoms with Gasteiger partial charge in [0.15, 0.2) is 0 Å². The van der Waals surface area contributed by atoms with Crippen LogP contribution in [0.3, 0.4) is 0 Å². The van der Waals surface area contributed by atoms with Crippen LogP contribution in [0.4, 0.5) is 17.5 Å². The summed E-state index contributed by atoms with van der Waals surface area (Å²) < 4.78 is 5.98. The van der Waals surface area contributed by atoms with Gasteiger partial charge in [-0.1, -0.05) is 0 Å². The quantitative estimate of drug-likeness (QED) is 0.540. The van der Waals surface area contributed by atoms with Gasteiger partial charge in [-0.15, -0.1) is 0 Å². The van der Waals surface area contributed by atoms with E-state index in [1.165, 1.54) is 0 Å². The number of nitrogens with one attached hydrogen (secondary N) is 2. The molecular weight excluding hydrogens is 393 g/mol. The number of aromatic nitrogens is 2. The van der Waals surface area contributed by atoms with Gasteiger partial charge in [0.1, 0.15) is 5.82 Å². The molecular formula is C15H16IN5O. The maximum atomic E-state index is 8.79. The van der Waals surface area contributed by atoms with Crippen LogP contribution >= 0.6 is 22.6 Å². The summed E-state index contributed by atoms with van der Waals surface area (Å²) in [4.78, 5) is 8.72. The zero-order valence-corrected chi connectivity index (χ0v) is 14.3. The van der Waals surface area contributed by atoms with Crippen LogP contribution in [-0.2, 0) is 4.74 Å². The van der Waals surface area contributed by atoms with Gasteiger partial charge in [0.05, 0.1) is 15.2 Å². The summed E-state index contributed by atoms with van der Waals surface area (Å²) in [6.45, 7) is 1.50. The number of nitriles is 1. The second-order valence-corrected chi connectivity index (χ2v) is 5.64. The van der Waals surface area contributed by atoms with Gasteiger partial charge >= 0.3 is 0 Å². The van der Waals surface area contributed by atoms with E-state index in [9.17, 15) is 0 Å². The third kappa shape index (κ3) is 4.82. The fourth-order valence-electron chi connectivity index (χ4n) is 1.73. The van der Waals surface area contributed by atoms with Gasteiger partial charge < -0.3 is 15.4 Å². The molecule has 7 heteroatoms. The van der Waals surface area contributed by atoms with E-state index in [1.807, 2.05) is 12.1 Å². The molecule has 0 fully saturated rings. The van der Waals surface area contributed by atoms with Crippen molar-refractivity contribution in [3.63, 3.8) is 0 Å². The van der Waals surface area contributed by atoms with E-state index >= 15 is 0 Å². The minimum atomic E-state index is 0.513. The smallest absolute Gasteiger partial charge is 0.229 e. The molecule has 114 valence electrons. The predicted molar refractivity (Wildman–Crippen MR) is 94.2 cm³/mol. The first kappa shape index (κ1) is 16.5. The van der Waals surface area contributed by atoms with Crippen molar-refractivity contribution in [3.05, 3.63) is 39.6 Å². The Kier molecular flexibility index (Phi) is 6.36. The number of nitrogens with zero attached hydrogens (tertiary/aromatic N) is 3. The van der Waals surface area contributed by atoms with Crippen molar-refractivity contribution in [1.82, 2.24) is 9.97 Å². The van der Waals surface area contributed by atoms with Crippen LogP contribution in [0.2, 0.25) is 0 Å². The molecule has 0 saturated carbocycles. The van der Waals surface area contributed by atoms with Crippen LogP contribution in [0.25, 0.3) is 0 Å². The van der Waals surface area contributed by atoms with Crippen molar-refractivity contribution >= 4 is 40.0 Å². The van der Waals surface area contributed by atoms with Crippen molar-refractivity contribution < 1.29 is 4.74 Å². The molecule has 0 atom stereocenters. The Morgan fingerprint density at radius 1 is 1.32 bits per heavy atom. The zero-order chi connectivity index (χ0) is 15.8. The molecule has 0 aliphatic heterocycles. The number of hydrogen-bond acceptors (Lipinski definition) is 6. The fourth-order valence-corrected chi connectivity index (χ4v) is 2.18. The molecule has 22 heavy (non-hydrogen) atoms. The molecule has 1 aromatic heterocycles. The van der Waals surface area contributed by atoms with Gasteiger partial charge in [0, 0.05) is 32.1 Å². The summed E-state index contributed by atoms with van der Waals surface area (Å²) in [5, 5.41) is 15.2. The van der Waals surface area contributed by atoms with Crippen LogP contribution in [0, 0.1) is 14.9 Å². The number of hydrogen-bond donors (Lipinski definition) is 2. The maximum Gasteiger partial charge on any atom is 0.229 e. The van der Waals surface area contributed by atoms with Gasteiger partial charge in [-0.2, -0.15) is 10.2 Å². The third-order valence-corrected chi connectivity index (χ3v) is 3.62. The summed E-state index contributed by atoms with van der Waals surface area (Å²) >= 11 is 2.20. The summed E-state index contributed by atoms with van der Waals surface area (Å²) in [5.74, 6) is 1.31. The minimum Gasteiger partial charge on any atom is -0.385 e.